The third kappa shape index (κ3) is 1.15. The number of fused-ring (bicyclic) bond motifs is 1. The number of aromatic nitrogens is 1. The molecule has 2 aliphatic rings. The summed E-state index contributed by atoms with van der Waals surface area (Å²) in [6.45, 7) is 2.79. The molecule has 5 heteroatoms. The maximum atomic E-state index is 11.8. The standard InChI is InChI=1S/C11H12N3OS/c1-9-10(3-2-4-12-9)14-6-5-13-11(14)16(15)8-7-14/h2-6H,7-8H2,1H3/q+1. The highest BCUT2D eigenvalue weighted by molar-refractivity contribution is 8.01. The monoisotopic (exact) mass is 234 g/mol. The van der Waals surface area contributed by atoms with Gasteiger partial charge in [0, 0.05) is 12.3 Å². The van der Waals surface area contributed by atoms with Gasteiger partial charge in [0.05, 0.1) is 17.6 Å². The van der Waals surface area contributed by atoms with E-state index < -0.39 is 10.8 Å². The molecule has 0 amide bonds. The van der Waals surface area contributed by atoms with Gasteiger partial charge in [-0.1, -0.05) is 0 Å². The second-order valence-electron chi connectivity index (χ2n) is 3.96. The van der Waals surface area contributed by atoms with Gasteiger partial charge < -0.3 is 0 Å². The van der Waals surface area contributed by atoms with Crippen molar-refractivity contribution >= 4 is 21.7 Å². The Hall–Kier alpha value is -1.33. The summed E-state index contributed by atoms with van der Waals surface area (Å²) in [6, 6.07) is 3.95. The minimum absolute atomic E-state index is 0.506. The largest absolute Gasteiger partial charge is 0.304 e. The van der Waals surface area contributed by atoms with Crippen molar-refractivity contribution in [3.63, 3.8) is 0 Å². The van der Waals surface area contributed by atoms with E-state index in [0.717, 1.165) is 23.1 Å². The summed E-state index contributed by atoms with van der Waals surface area (Å²) in [6.07, 6.45) is 5.53. The van der Waals surface area contributed by atoms with Gasteiger partial charge in [-0.3, -0.25) is 4.98 Å². The predicted octanol–water partition coefficient (Wildman–Crippen LogP) is 1.30. The van der Waals surface area contributed by atoms with Crippen LogP contribution in [-0.4, -0.2) is 26.7 Å². The van der Waals surface area contributed by atoms with E-state index in [1.165, 1.54) is 0 Å². The summed E-state index contributed by atoms with van der Waals surface area (Å²) in [5.41, 5.74) is 2.06. The quantitative estimate of drug-likeness (QED) is 0.687. The van der Waals surface area contributed by atoms with Crippen LogP contribution in [0.25, 0.3) is 0 Å². The van der Waals surface area contributed by atoms with Crippen LogP contribution in [0.1, 0.15) is 5.69 Å². The van der Waals surface area contributed by atoms with Crippen LogP contribution in [0.15, 0.2) is 35.7 Å². The molecule has 2 atom stereocenters. The first-order valence-corrected chi connectivity index (χ1v) is 6.50. The molecule has 0 bridgehead atoms. The second-order valence-corrected chi connectivity index (χ2v) is 5.42. The van der Waals surface area contributed by atoms with E-state index in [9.17, 15) is 4.21 Å². The molecule has 0 spiro atoms. The molecule has 3 rings (SSSR count). The fraction of sp³-hybridized carbons (Fsp3) is 0.273. The molecule has 0 radical (unpaired) electrons. The van der Waals surface area contributed by atoms with Crippen LogP contribution in [0.3, 0.4) is 0 Å². The summed E-state index contributed by atoms with van der Waals surface area (Å²) in [5.74, 6) is 0.678. The smallest absolute Gasteiger partial charge is 0.255 e. The first kappa shape index (κ1) is 9.86. The van der Waals surface area contributed by atoms with Gasteiger partial charge in [-0.15, -0.1) is 0 Å². The summed E-state index contributed by atoms with van der Waals surface area (Å²) in [7, 11) is -0.944. The fourth-order valence-corrected chi connectivity index (χ4v) is 3.74. The molecule has 1 saturated heterocycles. The average molecular weight is 234 g/mol. The Balaban J connectivity index is 2.20. The van der Waals surface area contributed by atoms with E-state index >= 15 is 0 Å². The molecule has 0 aromatic carbocycles. The number of pyridine rings is 1. The lowest BCUT2D eigenvalue weighted by atomic mass is 10.2. The molecular formula is C11H12N3OS+. The topological polar surface area (TPSA) is 42.3 Å². The Morgan fingerprint density at radius 2 is 2.38 bits per heavy atom. The van der Waals surface area contributed by atoms with Gasteiger partial charge in [0.1, 0.15) is 23.5 Å². The Morgan fingerprint density at radius 1 is 1.50 bits per heavy atom. The number of hydrogen-bond donors (Lipinski definition) is 0. The molecule has 16 heavy (non-hydrogen) atoms. The molecule has 2 aliphatic heterocycles. The maximum Gasteiger partial charge on any atom is 0.304 e. The molecular weight excluding hydrogens is 222 g/mol. The summed E-state index contributed by atoms with van der Waals surface area (Å²) in [5, 5.41) is 0.746. The van der Waals surface area contributed by atoms with E-state index in [1.807, 2.05) is 25.3 Å². The zero-order valence-corrected chi connectivity index (χ0v) is 9.78. The van der Waals surface area contributed by atoms with E-state index in [0.29, 0.717) is 10.2 Å². The lowest BCUT2D eigenvalue weighted by Gasteiger charge is -2.25. The van der Waals surface area contributed by atoms with Crippen LogP contribution in [0.5, 0.6) is 0 Å². The normalized spacial score (nSPS) is 31.6. The Labute approximate surface area is 96.4 Å². The molecule has 82 valence electrons. The number of rotatable bonds is 1. The van der Waals surface area contributed by atoms with Gasteiger partial charge in [-0.2, -0.15) is 4.99 Å². The molecule has 0 saturated carbocycles. The lowest BCUT2D eigenvalue weighted by molar-refractivity contribution is 0.597. The third-order valence-corrected chi connectivity index (χ3v) is 4.48. The third-order valence-electron chi connectivity index (χ3n) is 3.09. The number of hydrogen-bond acceptors (Lipinski definition) is 3. The van der Waals surface area contributed by atoms with Crippen molar-refractivity contribution in [2.75, 3.05) is 12.3 Å². The molecule has 3 heterocycles. The molecule has 2 unspecified atom stereocenters. The van der Waals surface area contributed by atoms with Crippen LogP contribution in [0.4, 0.5) is 5.69 Å². The van der Waals surface area contributed by atoms with E-state index in [1.54, 1.807) is 12.4 Å². The van der Waals surface area contributed by atoms with E-state index in [-0.39, 0.29) is 0 Å². The van der Waals surface area contributed by atoms with Crippen molar-refractivity contribution in [2.45, 2.75) is 6.92 Å². The first-order chi connectivity index (χ1) is 7.74. The lowest BCUT2D eigenvalue weighted by Crippen LogP contribution is -2.44. The van der Waals surface area contributed by atoms with Gasteiger partial charge in [0.2, 0.25) is 0 Å². The fourth-order valence-electron chi connectivity index (χ4n) is 2.31. The summed E-state index contributed by atoms with van der Waals surface area (Å²) >= 11 is 0. The zero-order chi connectivity index (χ0) is 11.2. The van der Waals surface area contributed by atoms with E-state index in [2.05, 4.69) is 9.98 Å². The number of quaternary nitrogens is 1. The van der Waals surface area contributed by atoms with Gasteiger partial charge in [0.15, 0.2) is 5.69 Å². The first-order valence-electron chi connectivity index (χ1n) is 5.18. The van der Waals surface area contributed by atoms with Crippen LogP contribution >= 0.6 is 0 Å². The minimum atomic E-state index is -0.944. The Bertz CT molecular complexity index is 538. The van der Waals surface area contributed by atoms with Crippen molar-refractivity contribution < 1.29 is 4.21 Å². The van der Waals surface area contributed by atoms with Crippen molar-refractivity contribution in [1.29, 1.82) is 0 Å². The van der Waals surface area contributed by atoms with Crippen molar-refractivity contribution in [3.05, 3.63) is 36.4 Å². The zero-order valence-electron chi connectivity index (χ0n) is 8.96. The van der Waals surface area contributed by atoms with Crippen LogP contribution in [0.2, 0.25) is 0 Å². The summed E-state index contributed by atoms with van der Waals surface area (Å²) in [4.78, 5) is 8.55. The Morgan fingerprint density at radius 3 is 3.19 bits per heavy atom. The molecule has 0 aliphatic carbocycles. The Kier molecular flexibility index (Phi) is 2.05. The van der Waals surface area contributed by atoms with Gasteiger partial charge in [-0.05, 0) is 13.0 Å². The van der Waals surface area contributed by atoms with Crippen molar-refractivity contribution in [3.8, 4) is 0 Å². The molecule has 0 N–H and O–H groups in total. The average Bonchev–Trinajstić information content (AvgIpc) is 2.82. The SMILES string of the molecule is Cc1ncccc1[N+]12C=CN=C1S(=O)CC2. The maximum absolute atomic E-state index is 11.8. The molecule has 1 aromatic rings. The van der Waals surface area contributed by atoms with Gasteiger partial charge >= 0.3 is 5.17 Å². The number of aryl methyl sites for hydroxylation is 1. The minimum Gasteiger partial charge on any atom is -0.255 e. The van der Waals surface area contributed by atoms with Gasteiger partial charge in [-0.25, -0.2) is 8.69 Å². The van der Waals surface area contributed by atoms with Crippen LogP contribution in [0, 0.1) is 6.92 Å². The highest BCUT2D eigenvalue weighted by atomic mass is 32.2. The molecule has 1 aromatic heterocycles. The number of amidine groups is 1. The van der Waals surface area contributed by atoms with Gasteiger partial charge in [0.25, 0.3) is 0 Å². The van der Waals surface area contributed by atoms with Crippen molar-refractivity contribution in [1.82, 2.24) is 9.47 Å². The van der Waals surface area contributed by atoms with Crippen LogP contribution in [-0.2, 0) is 10.8 Å². The second kappa shape index (κ2) is 3.33. The highest BCUT2D eigenvalue weighted by Crippen LogP contribution is 2.34. The molecule has 1 fully saturated rings. The summed E-state index contributed by atoms with van der Waals surface area (Å²) < 4.78 is 12.4. The predicted molar refractivity (Wildman–Crippen MR) is 65.2 cm³/mol. The van der Waals surface area contributed by atoms with Crippen molar-refractivity contribution in [2.24, 2.45) is 4.99 Å². The number of aliphatic imine (C=N–C) groups is 1. The number of nitrogens with zero attached hydrogens (tertiary/aromatic N) is 3. The van der Waals surface area contributed by atoms with Crippen LogP contribution < -0.4 is 4.48 Å². The highest BCUT2D eigenvalue weighted by Gasteiger charge is 2.48. The molecule has 4 nitrogen and oxygen atoms in total. The van der Waals surface area contributed by atoms with E-state index in [4.69, 9.17) is 0 Å².